The smallest absolute Gasteiger partial charge is 0.254 e. The van der Waals surface area contributed by atoms with Crippen LogP contribution in [0.5, 0.6) is 5.75 Å². The number of phenols is 1. The van der Waals surface area contributed by atoms with Crippen molar-refractivity contribution in [2.75, 3.05) is 18.4 Å². The fourth-order valence-corrected chi connectivity index (χ4v) is 3.50. The molecule has 0 aliphatic carbocycles. The van der Waals surface area contributed by atoms with Gasteiger partial charge in [-0.3, -0.25) is 4.79 Å². The Morgan fingerprint density at radius 1 is 1.19 bits per heavy atom. The van der Waals surface area contributed by atoms with E-state index in [2.05, 4.69) is 43.4 Å². The quantitative estimate of drug-likeness (QED) is 0.849. The van der Waals surface area contributed by atoms with Crippen molar-refractivity contribution in [3.8, 4) is 5.75 Å². The van der Waals surface area contributed by atoms with Gasteiger partial charge in [-0.15, -0.1) is 0 Å². The number of benzene rings is 2. The molecular weight excluding hydrogens is 324 g/mol. The van der Waals surface area contributed by atoms with Gasteiger partial charge in [0.2, 0.25) is 0 Å². The molecule has 1 unspecified atom stereocenters. The van der Waals surface area contributed by atoms with E-state index in [1.54, 1.807) is 25.1 Å². The fourth-order valence-electron chi connectivity index (χ4n) is 3.50. The summed E-state index contributed by atoms with van der Waals surface area (Å²) >= 11 is 0. The normalized spacial score (nSPS) is 17.4. The molecule has 0 spiro atoms. The second-order valence-corrected chi connectivity index (χ2v) is 7.46. The van der Waals surface area contributed by atoms with Crippen LogP contribution in [0, 0.1) is 6.92 Å². The van der Waals surface area contributed by atoms with E-state index in [1.807, 2.05) is 4.90 Å². The summed E-state index contributed by atoms with van der Waals surface area (Å²) in [5.74, 6) is 0.699. The van der Waals surface area contributed by atoms with Gasteiger partial charge in [-0.05, 0) is 55.5 Å². The highest BCUT2D eigenvalue weighted by Crippen LogP contribution is 2.24. The second-order valence-electron chi connectivity index (χ2n) is 7.46. The lowest BCUT2D eigenvalue weighted by Gasteiger charge is -2.34. The zero-order chi connectivity index (χ0) is 18.7. The Kier molecular flexibility index (Phi) is 5.50. The molecule has 138 valence electrons. The standard InChI is InChI=1S/C22H28N2O2/c1-15(2)17-9-11-18(12-10-17)23-19-6-5-13-24(14-19)22(26)20-7-4-8-21(25)16(20)3/h4,7-12,15,19,23,25H,5-6,13-14H2,1-3H3. The summed E-state index contributed by atoms with van der Waals surface area (Å²) in [7, 11) is 0. The van der Waals surface area contributed by atoms with Gasteiger partial charge in [0.05, 0.1) is 0 Å². The van der Waals surface area contributed by atoms with Gasteiger partial charge < -0.3 is 15.3 Å². The molecule has 2 aromatic carbocycles. The van der Waals surface area contributed by atoms with E-state index in [9.17, 15) is 9.90 Å². The summed E-state index contributed by atoms with van der Waals surface area (Å²) < 4.78 is 0. The van der Waals surface area contributed by atoms with Crippen LogP contribution < -0.4 is 5.32 Å². The molecule has 1 aliphatic heterocycles. The van der Waals surface area contributed by atoms with Crippen LogP contribution in [0.1, 0.15) is 54.1 Å². The number of hydrogen-bond donors (Lipinski definition) is 2. The molecule has 0 bridgehead atoms. The Hall–Kier alpha value is -2.49. The van der Waals surface area contributed by atoms with Crippen LogP contribution in [0.2, 0.25) is 0 Å². The zero-order valence-corrected chi connectivity index (χ0v) is 15.8. The van der Waals surface area contributed by atoms with Crippen molar-refractivity contribution in [1.82, 2.24) is 4.90 Å². The third-order valence-electron chi connectivity index (χ3n) is 5.19. The number of carbonyl (C=O) groups excluding carboxylic acids is 1. The van der Waals surface area contributed by atoms with Gasteiger partial charge in [-0.2, -0.15) is 0 Å². The van der Waals surface area contributed by atoms with Gasteiger partial charge in [0, 0.05) is 35.9 Å². The molecule has 26 heavy (non-hydrogen) atoms. The summed E-state index contributed by atoms with van der Waals surface area (Å²) in [5, 5.41) is 13.4. The number of rotatable bonds is 4. The molecule has 1 amide bonds. The highest BCUT2D eigenvalue weighted by molar-refractivity contribution is 5.96. The summed E-state index contributed by atoms with van der Waals surface area (Å²) in [6, 6.07) is 13.9. The lowest BCUT2D eigenvalue weighted by atomic mass is 10.0. The van der Waals surface area contributed by atoms with Crippen molar-refractivity contribution in [3.63, 3.8) is 0 Å². The van der Waals surface area contributed by atoms with E-state index in [4.69, 9.17) is 0 Å². The van der Waals surface area contributed by atoms with Crippen molar-refractivity contribution >= 4 is 11.6 Å². The molecule has 1 saturated heterocycles. The number of nitrogens with one attached hydrogen (secondary N) is 1. The summed E-state index contributed by atoms with van der Waals surface area (Å²) in [6.45, 7) is 7.61. The van der Waals surface area contributed by atoms with Crippen LogP contribution in [0.15, 0.2) is 42.5 Å². The predicted molar refractivity (Wildman–Crippen MR) is 106 cm³/mol. The van der Waals surface area contributed by atoms with Gasteiger partial charge in [0.25, 0.3) is 5.91 Å². The van der Waals surface area contributed by atoms with Crippen LogP contribution in [-0.4, -0.2) is 35.0 Å². The first kappa shape index (κ1) is 18.3. The minimum Gasteiger partial charge on any atom is -0.508 e. The third-order valence-corrected chi connectivity index (χ3v) is 5.19. The Morgan fingerprint density at radius 3 is 2.62 bits per heavy atom. The van der Waals surface area contributed by atoms with Gasteiger partial charge in [-0.25, -0.2) is 0 Å². The molecule has 1 fully saturated rings. The molecule has 4 heteroatoms. The van der Waals surface area contributed by atoms with Crippen molar-refractivity contribution in [2.24, 2.45) is 0 Å². The first-order valence-corrected chi connectivity index (χ1v) is 9.40. The van der Waals surface area contributed by atoms with Crippen molar-refractivity contribution in [2.45, 2.75) is 45.6 Å². The molecule has 3 rings (SSSR count). The summed E-state index contributed by atoms with van der Waals surface area (Å²) in [5.41, 5.74) is 3.67. The SMILES string of the molecule is Cc1c(O)cccc1C(=O)N1CCCC(Nc2ccc(C(C)C)cc2)C1. The number of piperidine rings is 1. The van der Waals surface area contributed by atoms with E-state index >= 15 is 0 Å². The summed E-state index contributed by atoms with van der Waals surface area (Å²) in [4.78, 5) is 14.8. The van der Waals surface area contributed by atoms with Gasteiger partial charge in [0.15, 0.2) is 0 Å². The van der Waals surface area contributed by atoms with E-state index in [0.717, 1.165) is 25.1 Å². The first-order valence-electron chi connectivity index (χ1n) is 9.40. The molecule has 1 aliphatic rings. The molecule has 0 radical (unpaired) electrons. The van der Waals surface area contributed by atoms with Gasteiger partial charge >= 0.3 is 0 Å². The maximum atomic E-state index is 12.9. The molecule has 2 aromatic rings. The van der Waals surface area contributed by atoms with Crippen molar-refractivity contribution in [1.29, 1.82) is 0 Å². The number of amides is 1. The molecule has 1 atom stereocenters. The first-order chi connectivity index (χ1) is 12.5. The van der Waals surface area contributed by atoms with E-state index in [0.29, 0.717) is 23.6 Å². The number of carbonyl (C=O) groups is 1. The summed E-state index contributed by atoms with van der Waals surface area (Å²) in [6.07, 6.45) is 2.03. The number of likely N-dealkylation sites (tertiary alicyclic amines) is 1. The van der Waals surface area contributed by atoms with Gasteiger partial charge in [-0.1, -0.05) is 32.0 Å². The number of nitrogens with zero attached hydrogens (tertiary/aromatic N) is 1. The van der Waals surface area contributed by atoms with Crippen LogP contribution >= 0.6 is 0 Å². The van der Waals surface area contributed by atoms with Crippen LogP contribution in [0.25, 0.3) is 0 Å². The average Bonchev–Trinajstić information content (AvgIpc) is 2.64. The lowest BCUT2D eigenvalue weighted by molar-refractivity contribution is 0.0713. The number of anilines is 1. The lowest BCUT2D eigenvalue weighted by Crippen LogP contribution is -2.45. The second kappa shape index (κ2) is 7.81. The molecular formula is C22H28N2O2. The average molecular weight is 352 g/mol. The molecule has 1 heterocycles. The Balaban J connectivity index is 1.67. The Labute approximate surface area is 155 Å². The Bertz CT molecular complexity index is 768. The van der Waals surface area contributed by atoms with Crippen LogP contribution in [0.4, 0.5) is 5.69 Å². The van der Waals surface area contributed by atoms with E-state index in [-0.39, 0.29) is 17.7 Å². The van der Waals surface area contributed by atoms with E-state index < -0.39 is 0 Å². The van der Waals surface area contributed by atoms with Crippen molar-refractivity contribution < 1.29 is 9.90 Å². The predicted octanol–water partition coefficient (Wildman–Crippen LogP) is 4.54. The minimum absolute atomic E-state index is 0.0000516. The monoisotopic (exact) mass is 352 g/mol. The van der Waals surface area contributed by atoms with Crippen LogP contribution in [-0.2, 0) is 0 Å². The fraction of sp³-hybridized carbons (Fsp3) is 0.409. The number of aromatic hydroxyl groups is 1. The minimum atomic E-state index is 0.0000516. The maximum absolute atomic E-state index is 12.9. The van der Waals surface area contributed by atoms with Crippen LogP contribution in [0.3, 0.4) is 0 Å². The topological polar surface area (TPSA) is 52.6 Å². The Morgan fingerprint density at radius 2 is 1.92 bits per heavy atom. The zero-order valence-electron chi connectivity index (χ0n) is 15.8. The molecule has 4 nitrogen and oxygen atoms in total. The highest BCUT2D eigenvalue weighted by atomic mass is 16.3. The molecule has 0 saturated carbocycles. The molecule has 0 aromatic heterocycles. The number of hydrogen-bond acceptors (Lipinski definition) is 3. The highest BCUT2D eigenvalue weighted by Gasteiger charge is 2.25. The molecule has 2 N–H and O–H groups in total. The largest absolute Gasteiger partial charge is 0.508 e. The van der Waals surface area contributed by atoms with Crippen molar-refractivity contribution in [3.05, 3.63) is 59.2 Å². The maximum Gasteiger partial charge on any atom is 0.254 e. The number of phenolic OH excluding ortho intramolecular Hbond substituents is 1. The van der Waals surface area contributed by atoms with E-state index in [1.165, 1.54) is 5.56 Å². The third kappa shape index (κ3) is 4.01. The van der Waals surface area contributed by atoms with Gasteiger partial charge in [0.1, 0.15) is 5.75 Å².